The molecule has 5 aliphatic carbocycles. The van der Waals surface area contributed by atoms with Gasteiger partial charge in [0.05, 0.1) is 0 Å². The van der Waals surface area contributed by atoms with E-state index in [1.54, 1.807) is 0 Å². The van der Waals surface area contributed by atoms with Crippen molar-refractivity contribution in [1.82, 2.24) is 15.5 Å². The molecule has 0 radical (unpaired) electrons. The van der Waals surface area contributed by atoms with Gasteiger partial charge in [0.15, 0.2) is 0 Å². The summed E-state index contributed by atoms with van der Waals surface area (Å²) in [6.07, 6.45) is 11.3. The van der Waals surface area contributed by atoms with Gasteiger partial charge in [-0.25, -0.2) is 0 Å². The summed E-state index contributed by atoms with van der Waals surface area (Å²) in [5.74, 6) is 1.93. The largest absolute Gasteiger partial charge is 0.308 e. The lowest BCUT2D eigenvalue weighted by molar-refractivity contribution is -0.0618. The molecule has 3 nitrogen and oxygen atoms in total. The van der Waals surface area contributed by atoms with Gasteiger partial charge >= 0.3 is 0 Å². The molecule has 0 spiro atoms. The summed E-state index contributed by atoms with van der Waals surface area (Å²) in [6, 6.07) is 0.760. The molecule has 0 saturated heterocycles. The monoisotopic (exact) mass is 303 g/mol. The highest BCUT2D eigenvalue weighted by Crippen LogP contribution is 2.65. The first kappa shape index (κ1) is 13.0. The molecule has 4 heteroatoms. The van der Waals surface area contributed by atoms with Crippen LogP contribution in [0.15, 0.2) is 0 Å². The van der Waals surface area contributed by atoms with Crippen LogP contribution < -0.4 is 5.32 Å². The minimum atomic E-state index is 0.397. The fraction of sp³-hybridized carbons (Fsp3) is 0.882. The minimum absolute atomic E-state index is 0.397. The van der Waals surface area contributed by atoms with Gasteiger partial charge in [0, 0.05) is 18.0 Å². The third-order valence-electron chi connectivity index (χ3n) is 6.39. The van der Waals surface area contributed by atoms with Crippen LogP contribution in [0, 0.1) is 17.3 Å². The Balaban J connectivity index is 1.41. The van der Waals surface area contributed by atoms with Crippen molar-refractivity contribution in [2.24, 2.45) is 17.3 Å². The van der Waals surface area contributed by atoms with Gasteiger partial charge in [0.25, 0.3) is 0 Å². The second kappa shape index (κ2) is 4.29. The highest BCUT2D eigenvalue weighted by atomic mass is 32.1. The zero-order valence-electron chi connectivity index (χ0n) is 12.9. The SMILES string of the molecule is CC12CC3CC(C1)CC(c1nnc(CNC4CC4)s1)(C3)C2. The van der Waals surface area contributed by atoms with Gasteiger partial charge in [0.2, 0.25) is 0 Å². The predicted octanol–water partition coefficient (Wildman–Crippen LogP) is 3.65. The van der Waals surface area contributed by atoms with E-state index in [4.69, 9.17) is 0 Å². The number of nitrogens with zero attached hydrogens (tertiary/aromatic N) is 2. The molecule has 2 unspecified atom stereocenters. The zero-order valence-corrected chi connectivity index (χ0v) is 13.7. The number of aromatic nitrogens is 2. The van der Waals surface area contributed by atoms with Gasteiger partial charge in [0.1, 0.15) is 10.0 Å². The Hall–Kier alpha value is -0.480. The summed E-state index contributed by atoms with van der Waals surface area (Å²) in [5.41, 5.74) is 0.997. The fourth-order valence-electron chi connectivity index (χ4n) is 6.03. The average Bonchev–Trinajstić information content (AvgIpc) is 3.09. The van der Waals surface area contributed by atoms with E-state index in [0.717, 1.165) is 24.4 Å². The van der Waals surface area contributed by atoms with E-state index in [1.165, 1.54) is 61.4 Å². The van der Waals surface area contributed by atoms with Crippen molar-refractivity contribution in [3.63, 3.8) is 0 Å². The molecule has 0 amide bonds. The summed E-state index contributed by atoms with van der Waals surface area (Å²) in [4.78, 5) is 0. The summed E-state index contributed by atoms with van der Waals surface area (Å²) in [6.45, 7) is 3.47. The van der Waals surface area contributed by atoms with Crippen molar-refractivity contribution >= 4 is 11.3 Å². The molecule has 4 bridgehead atoms. The summed E-state index contributed by atoms with van der Waals surface area (Å²) in [7, 11) is 0. The molecule has 21 heavy (non-hydrogen) atoms. The molecule has 1 aromatic rings. The van der Waals surface area contributed by atoms with Crippen LogP contribution in [0.4, 0.5) is 0 Å². The van der Waals surface area contributed by atoms with E-state index in [1.807, 2.05) is 11.3 Å². The third-order valence-corrected chi connectivity index (χ3v) is 7.56. The number of hydrogen-bond donors (Lipinski definition) is 1. The van der Waals surface area contributed by atoms with Crippen molar-refractivity contribution in [2.75, 3.05) is 0 Å². The van der Waals surface area contributed by atoms with Crippen LogP contribution >= 0.6 is 11.3 Å². The average molecular weight is 303 g/mol. The Morgan fingerprint density at radius 3 is 2.57 bits per heavy atom. The van der Waals surface area contributed by atoms with Crippen molar-refractivity contribution in [3.05, 3.63) is 10.0 Å². The molecule has 2 atom stereocenters. The van der Waals surface area contributed by atoms with E-state index in [2.05, 4.69) is 22.4 Å². The molecule has 114 valence electrons. The molecule has 6 rings (SSSR count). The highest BCUT2D eigenvalue weighted by molar-refractivity contribution is 7.11. The van der Waals surface area contributed by atoms with Crippen LogP contribution in [0.1, 0.15) is 68.3 Å². The molecule has 5 saturated carbocycles. The molecule has 5 aliphatic rings. The van der Waals surface area contributed by atoms with Gasteiger partial charge < -0.3 is 5.32 Å². The Kier molecular flexibility index (Phi) is 2.65. The maximum Gasteiger partial charge on any atom is 0.131 e. The van der Waals surface area contributed by atoms with Gasteiger partial charge in [-0.05, 0) is 68.6 Å². The Bertz CT molecular complexity index is 548. The van der Waals surface area contributed by atoms with Crippen LogP contribution in [0.25, 0.3) is 0 Å². The summed E-state index contributed by atoms with van der Waals surface area (Å²) in [5, 5.41) is 15.3. The van der Waals surface area contributed by atoms with Crippen LogP contribution in [-0.2, 0) is 12.0 Å². The molecule has 1 N–H and O–H groups in total. The van der Waals surface area contributed by atoms with E-state index in [0.29, 0.717) is 10.8 Å². The maximum atomic E-state index is 4.66. The van der Waals surface area contributed by atoms with Crippen LogP contribution in [0.5, 0.6) is 0 Å². The molecular formula is C17H25N3S. The Morgan fingerprint density at radius 2 is 1.90 bits per heavy atom. The first-order valence-corrected chi connectivity index (χ1v) is 9.51. The van der Waals surface area contributed by atoms with Crippen LogP contribution in [-0.4, -0.2) is 16.2 Å². The molecule has 1 heterocycles. The van der Waals surface area contributed by atoms with Gasteiger partial charge in [-0.3, -0.25) is 0 Å². The van der Waals surface area contributed by atoms with Gasteiger partial charge in [-0.1, -0.05) is 18.3 Å². The van der Waals surface area contributed by atoms with E-state index < -0.39 is 0 Å². The zero-order chi connectivity index (χ0) is 14.1. The van der Waals surface area contributed by atoms with Crippen LogP contribution in [0.2, 0.25) is 0 Å². The first-order chi connectivity index (χ1) is 10.1. The van der Waals surface area contributed by atoms with Crippen molar-refractivity contribution in [2.45, 2.75) is 76.3 Å². The molecule has 0 aliphatic heterocycles. The lowest BCUT2D eigenvalue weighted by Gasteiger charge is -2.60. The maximum absolute atomic E-state index is 4.66. The lowest BCUT2D eigenvalue weighted by Crippen LogP contribution is -2.52. The molecule has 0 aromatic carbocycles. The van der Waals surface area contributed by atoms with Crippen molar-refractivity contribution in [1.29, 1.82) is 0 Å². The van der Waals surface area contributed by atoms with Gasteiger partial charge in [-0.2, -0.15) is 0 Å². The Morgan fingerprint density at radius 1 is 1.14 bits per heavy atom. The van der Waals surface area contributed by atoms with Crippen molar-refractivity contribution < 1.29 is 0 Å². The second-order valence-electron chi connectivity index (χ2n) is 8.71. The number of nitrogens with one attached hydrogen (secondary N) is 1. The Labute approximate surface area is 130 Å². The van der Waals surface area contributed by atoms with Crippen molar-refractivity contribution in [3.8, 4) is 0 Å². The first-order valence-electron chi connectivity index (χ1n) is 8.69. The lowest BCUT2D eigenvalue weighted by atomic mass is 9.45. The van der Waals surface area contributed by atoms with E-state index in [9.17, 15) is 0 Å². The second-order valence-corrected chi connectivity index (χ2v) is 9.77. The highest BCUT2D eigenvalue weighted by Gasteiger charge is 2.57. The normalized spacial score (nSPS) is 44.4. The standard InChI is InChI=1S/C17H25N3S/c1-16-5-11-4-12(6-16)8-17(7-11,10-16)15-20-19-14(21-15)9-18-13-2-3-13/h11-13,18H,2-10H2,1H3. The van der Waals surface area contributed by atoms with E-state index >= 15 is 0 Å². The topological polar surface area (TPSA) is 37.8 Å². The number of rotatable bonds is 4. The fourth-order valence-corrected chi connectivity index (χ4v) is 7.03. The molecule has 5 fully saturated rings. The van der Waals surface area contributed by atoms with E-state index in [-0.39, 0.29) is 0 Å². The quantitative estimate of drug-likeness (QED) is 0.922. The third kappa shape index (κ3) is 2.17. The number of hydrogen-bond acceptors (Lipinski definition) is 4. The van der Waals surface area contributed by atoms with Crippen LogP contribution in [0.3, 0.4) is 0 Å². The minimum Gasteiger partial charge on any atom is -0.308 e. The summed E-state index contributed by atoms with van der Waals surface area (Å²) < 4.78 is 0. The molecule has 1 aromatic heterocycles. The van der Waals surface area contributed by atoms with Gasteiger partial charge in [-0.15, -0.1) is 10.2 Å². The predicted molar refractivity (Wildman–Crippen MR) is 84.2 cm³/mol. The smallest absolute Gasteiger partial charge is 0.131 e. The summed E-state index contributed by atoms with van der Waals surface area (Å²) >= 11 is 1.91. The molecular weight excluding hydrogens is 278 g/mol.